The van der Waals surface area contributed by atoms with Gasteiger partial charge in [-0.1, -0.05) is 109 Å². The Hall–Kier alpha value is -7.58. The summed E-state index contributed by atoms with van der Waals surface area (Å²) in [5, 5.41) is 125. The van der Waals surface area contributed by atoms with Gasteiger partial charge in [-0.2, -0.15) is 0 Å². The molecule has 0 radical (unpaired) electrons. The lowest BCUT2D eigenvalue weighted by molar-refractivity contribution is -0.337. The number of nitrogens with one attached hydrogen (secondary N) is 2. The number of aromatic nitrogens is 9. The van der Waals surface area contributed by atoms with E-state index in [0.29, 0.717) is 41.9 Å². The first-order valence-corrected chi connectivity index (χ1v) is 37.3. The minimum atomic E-state index is -1.83. The number of ketones is 1. The summed E-state index contributed by atoms with van der Waals surface area (Å²) in [5.74, 6) is -4.48. The second-order valence-electron chi connectivity index (χ2n) is 29.5. The van der Waals surface area contributed by atoms with Crippen LogP contribution in [0.5, 0.6) is 0 Å². The van der Waals surface area contributed by atoms with Crippen LogP contribution in [-0.4, -0.2) is 257 Å². The molecule has 4 saturated heterocycles. The molecule has 0 bridgehead atoms. The number of aliphatic hydroxyl groups excluding tert-OH is 8. The molecule has 3 aromatic heterocycles. The lowest BCUT2D eigenvalue weighted by Gasteiger charge is -2.49. The van der Waals surface area contributed by atoms with Gasteiger partial charge in [-0.15, -0.1) is 15.3 Å². The molecule has 7 aliphatic rings. The standard InChI is InChI=1S/C74H96F2N12O19/c1-4-54-63(94)60(88-36-50(81-84-88)43-20-12-22-47(76)29-43)65(96)73(103-54)104-55-33-45(31-51(62(55)93)86-35-49(80-82-86)42-19-11-21-46(75)28-42)70(99)77-24-13-23-53(91)44-30-52(87-34-48(79-83-87)41-17-9-6-10-18-41)68(107-74-67(98)66(97)61(92)38(2)101-74)56(32-44)105-72-59(78-39(3)90)69(64(95)58(37-89)106-72)102-57(71(100)85-25-14-26-85)27-40-15-7-5-8-16-40/h6,9-12,17-22,28-29,34-36,38,40,44-45,51-52,54-69,72-74,89,92-98H,4-5,7-8,13-16,23-27,30-33,37H2,1-3H3,(H,77,99)(H,78,90)/t38?,44?,45-,51?,52?,54?,55+,56+,57-,58-,59?,60?,61+,62?,63-,64-,65+,66-,67?,68+,69?,72+,73-,74-/m0/s1. The molecule has 13 rings (SSSR count). The molecule has 0 spiro atoms. The first kappa shape index (κ1) is 77.6. The number of rotatable bonds is 26. The fourth-order valence-corrected chi connectivity index (χ4v) is 16.2. The molecule has 6 aromatic rings. The van der Waals surface area contributed by atoms with Gasteiger partial charge >= 0.3 is 0 Å². The Kier molecular flexibility index (Phi) is 25.0. The van der Waals surface area contributed by atoms with Crippen molar-refractivity contribution in [2.45, 2.75) is 245 Å². The SMILES string of the molecule is CCC1O[C@@H](O[C@@H]2C[C@@H](C(=O)NCCCC(=O)C3CC(n4cc(-c5ccccc5)nn4)[C@@H](O[C@@H]4OC(C)[C@@H](O)[C@H](O)C4O)[C@H](O[C@@H]4O[C@@H](CO)[C@H](O)C(O[C@@H](CC5CCCCC5)C(=O)N5CCC5)C4NC(C)=O)C3)CC(n3cc(-c4cccc(F)c4)nn3)C2O)[C@H](O)C(n2cc(-c3cccc(F)c3)nn2)[C@H]1O. The molecule has 3 aromatic carbocycles. The van der Waals surface area contributed by atoms with Crippen molar-refractivity contribution in [3.05, 3.63) is 109 Å². The van der Waals surface area contributed by atoms with Gasteiger partial charge in [-0.25, -0.2) is 22.8 Å². The number of halogens is 2. The average molecular weight is 1500 g/mol. The highest BCUT2D eigenvalue weighted by Gasteiger charge is 2.55. The van der Waals surface area contributed by atoms with Gasteiger partial charge in [0.05, 0.1) is 61.7 Å². The number of carbonyl (C=O) groups is 4. The maximum atomic E-state index is 15.2. The monoisotopic (exact) mass is 1490 g/mol. The Balaban J connectivity index is 0.765. The zero-order valence-corrected chi connectivity index (χ0v) is 59.7. The summed E-state index contributed by atoms with van der Waals surface area (Å²) in [5.41, 5.74) is 2.40. The predicted octanol–water partition coefficient (Wildman–Crippen LogP) is 2.79. The fraction of sp³-hybridized carbons (Fsp3) is 0.622. The van der Waals surface area contributed by atoms with E-state index in [4.69, 9.17) is 33.2 Å². The molecule has 4 aliphatic heterocycles. The molecule has 10 N–H and O–H groups in total. The van der Waals surface area contributed by atoms with E-state index < -0.39 is 176 Å². The molecule has 107 heavy (non-hydrogen) atoms. The van der Waals surface area contributed by atoms with Crippen molar-refractivity contribution >= 4 is 23.5 Å². The Morgan fingerprint density at radius 1 is 0.607 bits per heavy atom. The third kappa shape index (κ3) is 17.5. The second kappa shape index (κ2) is 34.6. The summed E-state index contributed by atoms with van der Waals surface area (Å²) in [6, 6.07) is 15.8. The van der Waals surface area contributed by atoms with Crippen LogP contribution in [0.25, 0.3) is 33.8 Å². The second-order valence-corrected chi connectivity index (χ2v) is 29.5. The van der Waals surface area contributed by atoms with Crippen molar-refractivity contribution in [2.75, 3.05) is 26.2 Å². The van der Waals surface area contributed by atoms with E-state index in [-0.39, 0.29) is 80.5 Å². The molecule has 24 atom stereocenters. The molecule has 31 nitrogen and oxygen atoms in total. The maximum absolute atomic E-state index is 15.2. The first-order valence-electron chi connectivity index (χ1n) is 37.3. The predicted molar refractivity (Wildman–Crippen MR) is 370 cm³/mol. The van der Waals surface area contributed by atoms with Crippen LogP contribution in [0, 0.1) is 29.4 Å². The van der Waals surface area contributed by atoms with Gasteiger partial charge in [-0.05, 0) is 88.5 Å². The minimum Gasteiger partial charge on any atom is -0.394 e. The van der Waals surface area contributed by atoms with Crippen LogP contribution >= 0.6 is 0 Å². The number of nitrogens with zero attached hydrogens (tertiary/aromatic N) is 10. The van der Waals surface area contributed by atoms with Gasteiger partial charge in [0.25, 0.3) is 5.91 Å². The summed E-state index contributed by atoms with van der Waals surface area (Å²) < 4.78 is 78.8. The molecule has 7 fully saturated rings. The summed E-state index contributed by atoms with van der Waals surface area (Å²) in [7, 11) is 0. The number of Topliss-reactive ketones (excluding diaryl/α,β-unsaturated/α-hetero) is 1. The smallest absolute Gasteiger partial charge is 0.251 e. The van der Waals surface area contributed by atoms with Gasteiger partial charge in [0, 0.05) is 61.5 Å². The van der Waals surface area contributed by atoms with Crippen molar-refractivity contribution in [3.63, 3.8) is 0 Å². The van der Waals surface area contributed by atoms with Gasteiger partial charge < -0.3 is 89.5 Å². The molecule has 580 valence electrons. The lowest BCUT2D eigenvalue weighted by atomic mass is 9.78. The van der Waals surface area contributed by atoms with Gasteiger partial charge in [0.2, 0.25) is 11.8 Å². The number of likely N-dealkylation sites (tertiary alicyclic amines) is 1. The highest BCUT2D eigenvalue weighted by atomic mass is 19.1. The quantitative estimate of drug-likeness (QED) is 0.0349. The molecule has 33 heteroatoms. The van der Waals surface area contributed by atoms with E-state index in [1.165, 1.54) is 76.7 Å². The number of benzene rings is 3. The number of ether oxygens (including phenoxy) is 7. The highest BCUT2D eigenvalue weighted by Crippen LogP contribution is 2.44. The Labute approximate surface area is 615 Å². The van der Waals surface area contributed by atoms with E-state index in [2.05, 4.69) is 41.6 Å². The van der Waals surface area contributed by atoms with E-state index in [1.807, 2.05) is 30.3 Å². The van der Waals surface area contributed by atoms with Crippen LogP contribution in [0.2, 0.25) is 0 Å². The Bertz CT molecular complexity index is 3960. The minimum absolute atomic E-state index is 0.0219. The van der Waals surface area contributed by atoms with Crippen molar-refractivity contribution in [1.82, 2.24) is 60.5 Å². The van der Waals surface area contributed by atoms with Gasteiger partial charge in [0.15, 0.2) is 18.9 Å². The summed E-state index contributed by atoms with van der Waals surface area (Å²) in [6.07, 6.45) is -15.5. The van der Waals surface area contributed by atoms with Crippen molar-refractivity contribution in [2.24, 2.45) is 17.8 Å². The van der Waals surface area contributed by atoms with Gasteiger partial charge in [-0.3, -0.25) is 19.2 Å². The topological polar surface area (TPSA) is 414 Å². The number of hydrogen-bond acceptors (Lipinski definition) is 25. The zero-order chi connectivity index (χ0) is 75.3. The van der Waals surface area contributed by atoms with Crippen LogP contribution in [0.1, 0.15) is 129 Å². The van der Waals surface area contributed by atoms with E-state index in [0.717, 1.165) is 38.5 Å². The Morgan fingerprint density at radius 3 is 1.84 bits per heavy atom. The third-order valence-corrected chi connectivity index (χ3v) is 22.2. The van der Waals surface area contributed by atoms with Gasteiger partial charge in [0.1, 0.15) is 114 Å². The van der Waals surface area contributed by atoms with Crippen LogP contribution in [0.15, 0.2) is 97.5 Å². The first-order chi connectivity index (χ1) is 51.6. The van der Waals surface area contributed by atoms with Crippen LogP contribution < -0.4 is 10.6 Å². The molecule has 3 saturated carbocycles. The zero-order valence-electron chi connectivity index (χ0n) is 59.7. The van der Waals surface area contributed by atoms with E-state index in [1.54, 1.807) is 30.2 Å². The van der Waals surface area contributed by atoms with Crippen LogP contribution in [0.4, 0.5) is 8.78 Å². The van der Waals surface area contributed by atoms with Crippen molar-refractivity contribution < 1.29 is 102 Å². The van der Waals surface area contributed by atoms with Crippen molar-refractivity contribution in [3.8, 4) is 33.8 Å². The van der Waals surface area contributed by atoms with Crippen LogP contribution in [-0.2, 0) is 52.3 Å². The molecule has 7 heterocycles. The highest BCUT2D eigenvalue weighted by molar-refractivity contribution is 5.82. The normalized spacial score (nSPS) is 33.8. The lowest BCUT2D eigenvalue weighted by Crippen LogP contribution is -2.67. The van der Waals surface area contributed by atoms with E-state index >= 15 is 4.79 Å². The fourth-order valence-electron chi connectivity index (χ4n) is 16.2. The number of carbonyl (C=O) groups excluding carboxylic acids is 4. The Morgan fingerprint density at radius 2 is 1.21 bits per heavy atom. The van der Waals surface area contributed by atoms with Crippen molar-refractivity contribution in [1.29, 1.82) is 0 Å². The molecule has 10 unspecified atom stereocenters. The summed E-state index contributed by atoms with van der Waals surface area (Å²) >= 11 is 0. The average Bonchev–Trinajstić information content (AvgIpc) is 1.63. The van der Waals surface area contributed by atoms with E-state index in [9.17, 15) is 64.0 Å². The largest absolute Gasteiger partial charge is 0.394 e. The maximum Gasteiger partial charge on any atom is 0.251 e. The summed E-state index contributed by atoms with van der Waals surface area (Å²) in [6.45, 7) is 4.68. The number of aliphatic hydroxyl groups is 8. The summed E-state index contributed by atoms with van der Waals surface area (Å²) in [4.78, 5) is 59.5. The third-order valence-electron chi connectivity index (χ3n) is 22.2. The molecule has 3 aliphatic carbocycles. The molecular weight excluding hydrogens is 1400 g/mol. The number of amides is 3. The molecular formula is C74H96F2N12O19. The molecule has 3 amide bonds. The van der Waals surface area contributed by atoms with Crippen LogP contribution in [0.3, 0.4) is 0 Å². The number of hydrogen-bond donors (Lipinski definition) is 10.